The van der Waals surface area contributed by atoms with Crippen molar-refractivity contribution in [3.63, 3.8) is 0 Å². The number of Topliss-reactive ketones (excluding diaryl/α,β-unsaturated/α-hetero) is 1. The molecule has 1 heterocycles. The number of carbonyl (C=O) groups is 1. The maximum Gasteiger partial charge on any atom is 0.160 e. The van der Waals surface area contributed by atoms with Gasteiger partial charge in [0, 0.05) is 35.6 Å². The number of benzene rings is 2. The summed E-state index contributed by atoms with van der Waals surface area (Å²) in [5.41, 5.74) is 11.1. The Morgan fingerprint density at radius 2 is 1.60 bits per heavy atom. The van der Waals surface area contributed by atoms with Crippen molar-refractivity contribution in [1.29, 1.82) is 0 Å². The highest BCUT2D eigenvalue weighted by molar-refractivity contribution is 5.96. The van der Waals surface area contributed by atoms with E-state index in [4.69, 9.17) is 0 Å². The second kappa shape index (κ2) is 6.18. The number of hydrogen-bond donors (Lipinski definition) is 0. The van der Waals surface area contributed by atoms with Gasteiger partial charge in [0.2, 0.25) is 0 Å². The third-order valence-corrected chi connectivity index (χ3v) is 5.86. The summed E-state index contributed by atoms with van der Waals surface area (Å²) in [7, 11) is 2.14. The predicted molar refractivity (Wildman–Crippen MR) is 106 cm³/mol. The van der Waals surface area contributed by atoms with Crippen LogP contribution in [0.4, 0.5) is 0 Å². The summed E-state index contributed by atoms with van der Waals surface area (Å²) in [5, 5.41) is 1.33. The molecule has 0 atom stereocenters. The fourth-order valence-corrected chi connectivity index (χ4v) is 3.86. The lowest BCUT2D eigenvalue weighted by atomic mass is 9.93. The summed E-state index contributed by atoms with van der Waals surface area (Å²) in [6.07, 6.45) is 0.849. The molecule has 0 bridgehead atoms. The zero-order valence-electron chi connectivity index (χ0n) is 16.4. The Morgan fingerprint density at radius 1 is 0.920 bits per heavy atom. The van der Waals surface area contributed by atoms with Crippen molar-refractivity contribution < 1.29 is 4.79 Å². The Balaban J connectivity index is 2.17. The Bertz CT molecular complexity index is 1010. The number of carbonyl (C=O) groups excluding carboxylic acids is 1. The van der Waals surface area contributed by atoms with Crippen LogP contribution in [-0.2, 0) is 13.5 Å². The molecule has 25 heavy (non-hydrogen) atoms. The van der Waals surface area contributed by atoms with E-state index in [-0.39, 0.29) is 5.78 Å². The van der Waals surface area contributed by atoms with Gasteiger partial charge in [-0.05, 0) is 87.1 Å². The third-order valence-electron chi connectivity index (χ3n) is 5.86. The number of hydrogen-bond acceptors (Lipinski definition) is 1. The minimum absolute atomic E-state index is 0.137. The van der Waals surface area contributed by atoms with Crippen LogP contribution in [0.25, 0.3) is 10.9 Å². The van der Waals surface area contributed by atoms with Gasteiger partial charge in [-0.1, -0.05) is 12.1 Å². The molecular weight excluding hydrogens is 306 g/mol. The molecule has 0 aliphatic heterocycles. The van der Waals surface area contributed by atoms with Gasteiger partial charge >= 0.3 is 0 Å². The standard InChI is InChI=1S/C23H27NO/c1-13-8-9-20(18(6)25)17(5)21(13)11-19-12-22-16(4)15(3)14(2)10-23(22)24(19)7/h8-10,12H,11H2,1-7H3. The Morgan fingerprint density at radius 3 is 2.24 bits per heavy atom. The van der Waals surface area contributed by atoms with Gasteiger partial charge in [0.15, 0.2) is 5.78 Å². The lowest BCUT2D eigenvalue weighted by Crippen LogP contribution is -2.05. The van der Waals surface area contributed by atoms with Crippen LogP contribution in [0.15, 0.2) is 24.3 Å². The number of aryl methyl sites for hydroxylation is 4. The number of fused-ring (bicyclic) bond motifs is 1. The van der Waals surface area contributed by atoms with Gasteiger partial charge in [-0.25, -0.2) is 0 Å². The molecule has 0 unspecified atom stereocenters. The van der Waals surface area contributed by atoms with Crippen LogP contribution in [-0.4, -0.2) is 10.4 Å². The summed E-state index contributed by atoms with van der Waals surface area (Å²) < 4.78 is 2.30. The number of aromatic nitrogens is 1. The molecular formula is C23H27NO. The zero-order chi connectivity index (χ0) is 18.5. The third kappa shape index (κ3) is 2.80. The van der Waals surface area contributed by atoms with E-state index in [1.165, 1.54) is 44.4 Å². The number of nitrogens with zero attached hydrogens (tertiary/aromatic N) is 1. The lowest BCUT2D eigenvalue weighted by molar-refractivity contribution is 0.101. The lowest BCUT2D eigenvalue weighted by Gasteiger charge is -2.14. The van der Waals surface area contributed by atoms with E-state index in [2.05, 4.69) is 64.4 Å². The predicted octanol–water partition coefficient (Wildman–Crippen LogP) is 5.51. The molecule has 3 rings (SSSR count). The molecule has 2 aromatic carbocycles. The minimum atomic E-state index is 0.137. The largest absolute Gasteiger partial charge is 0.347 e. The van der Waals surface area contributed by atoms with Crippen molar-refractivity contribution >= 4 is 16.7 Å². The highest BCUT2D eigenvalue weighted by atomic mass is 16.1. The van der Waals surface area contributed by atoms with Crippen molar-refractivity contribution in [1.82, 2.24) is 4.57 Å². The molecule has 0 saturated carbocycles. The van der Waals surface area contributed by atoms with Crippen LogP contribution in [0.1, 0.15) is 56.4 Å². The van der Waals surface area contributed by atoms with E-state index in [9.17, 15) is 4.79 Å². The first-order valence-electron chi connectivity index (χ1n) is 8.87. The van der Waals surface area contributed by atoms with Gasteiger partial charge < -0.3 is 4.57 Å². The smallest absolute Gasteiger partial charge is 0.160 e. The van der Waals surface area contributed by atoms with Gasteiger partial charge in [-0.3, -0.25) is 4.79 Å². The van der Waals surface area contributed by atoms with Gasteiger partial charge in [-0.15, -0.1) is 0 Å². The molecule has 0 amide bonds. The first-order valence-corrected chi connectivity index (χ1v) is 8.87. The van der Waals surface area contributed by atoms with Crippen LogP contribution in [0.5, 0.6) is 0 Å². The molecule has 1 aromatic heterocycles. The molecule has 130 valence electrons. The van der Waals surface area contributed by atoms with Gasteiger partial charge in [-0.2, -0.15) is 0 Å². The molecule has 0 saturated heterocycles. The van der Waals surface area contributed by atoms with Crippen molar-refractivity contribution in [3.05, 3.63) is 68.9 Å². The van der Waals surface area contributed by atoms with Crippen LogP contribution >= 0.6 is 0 Å². The highest BCUT2D eigenvalue weighted by Gasteiger charge is 2.15. The molecule has 0 N–H and O–H groups in total. The van der Waals surface area contributed by atoms with Gasteiger partial charge in [0.1, 0.15) is 0 Å². The molecule has 0 aliphatic rings. The molecule has 2 heteroatoms. The number of ketones is 1. The Hall–Kier alpha value is -2.35. The molecule has 0 spiro atoms. The average Bonchev–Trinajstić information content (AvgIpc) is 2.85. The second-order valence-corrected chi connectivity index (χ2v) is 7.34. The van der Waals surface area contributed by atoms with Gasteiger partial charge in [0.25, 0.3) is 0 Å². The first-order chi connectivity index (χ1) is 11.7. The fraction of sp³-hybridized carbons (Fsp3) is 0.348. The summed E-state index contributed by atoms with van der Waals surface area (Å²) in [6, 6.07) is 8.62. The molecule has 0 radical (unpaired) electrons. The maximum atomic E-state index is 11.9. The summed E-state index contributed by atoms with van der Waals surface area (Å²) in [5.74, 6) is 0.137. The van der Waals surface area contributed by atoms with E-state index >= 15 is 0 Å². The Kier molecular flexibility index (Phi) is 4.32. The highest BCUT2D eigenvalue weighted by Crippen LogP contribution is 2.30. The van der Waals surface area contributed by atoms with Crippen molar-refractivity contribution in [2.24, 2.45) is 7.05 Å². The van der Waals surface area contributed by atoms with Crippen LogP contribution < -0.4 is 0 Å². The fourth-order valence-electron chi connectivity index (χ4n) is 3.86. The quantitative estimate of drug-likeness (QED) is 0.579. The molecule has 3 aromatic rings. The van der Waals surface area contributed by atoms with Crippen LogP contribution in [0, 0.1) is 34.6 Å². The minimum Gasteiger partial charge on any atom is -0.347 e. The van der Waals surface area contributed by atoms with Crippen LogP contribution in [0.2, 0.25) is 0 Å². The monoisotopic (exact) mass is 333 g/mol. The van der Waals surface area contributed by atoms with E-state index in [1.807, 2.05) is 6.07 Å². The second-order valence-electron chi connectivity index (χ2n) is 7.34. The SMILES string of the molecule is CC(=O)c1ccc(C)c(Cc2cc3c(C)c(C)c(C)cc3n2C)c1C. The molecule has 0 fully saturated rings. The van der Waals surface area contributed by atoms with E-state index in [1.54, 1.807) is 6.92 Å². The summed E-state index contributed by atoms with van der Waals surface area (Å²) in [4.78, 5) is 11.9. The number of rotatable bonds is 3. The van der Waals surface area contributed by atoms with Crippen molar-refractivity contribution in [2.75, 3.05) is 0 Å². The average molecular weight is 333 g/mol. The van der Waals surface area contributed by atoms with Gasteiger partial charge in [0.05, 0.1) is 0 Å². The maximum absolute atomic E-state index is 11.9. The normalized spacial score (nSPS) is 11.3. The van der Waals surface area contributed by atoms with E-state index < -0.39 is 0 Å². The van der Waals surface area contributed by atoms with E-state index in [0.29, 0.717) is 0 Å². The zero-order valence-corrected chi connectivity index (χ0v) is 16.4. The van der Waals surface area contributed by atoms with Crippen LogP contribution in [0.3, 0.4) is 0 Å². The van der Waals surface area contributed by atoms with E-state index in [0.717, 1.165) is 17.5 Å². The molecule has 0 aliphatic carbocycles. The Labute approximate surface area is 150 Å². The van der Waals surface area contributed by atoms with Crippen molar-refractivity contribution in [2.45, 2.75) is 48.0 Å². The van der Waals surface area contributed by atoms with Crippen molar-refractivity contribution in [3.8, 4) is 0 Å². The first kappa shape index (κ1) is 17.5. The summed E-state index contributed by atoms with van der Waals surface area (Å²) in [6.45, 7) is 12.4. The topological polar surface area (TPSA) is 22.0 Å². The summed E-state index contributed by atoms with van der Waals surface area (Å²) >= 11 is 0. The molecule has 2 nitrogen and oxygen atoms in total.